The summed E-state index contributed by atoms with van der Waals surface area (Å²) in [6.07, 6.45) is 0.286. The smallest absolute Gasteiger partial charge is 0.238 e. The molecule has 0 unspecified atom stereocenters. The summed E-state index contributed by atoms with van der Waals surface area (Å²) in [6, 6.07) is 7.00. The first-order valence-electron chi connectivity index (χ1n) is 6.38. The zero-order valence-electron chi connectivity index (χ0n) is 11.1. The third kappa shape index (κ3) is 3.94. The Bertz CT molecular complexity index is 481. The van der Waals surface area contributed by atoms with E-state index in [1.165, 1.54) is 0 Å². The van der Waals surface area contributed by atoms with Crippen molar-refractivity contribution >= 4 is 11.7 Å². The molecule has 0 bridgehead atoms. The Kier molecular flexibility index (Phi) is 4.91. The zero-order valence-corrected chi connectivity index (χ0v) is 11.1. The van der Waals surface area contributed by atoms with Crippen LogP contribution in [0.5, 0.6) is 0 Å². The van der Waals surface area contributed by atoms with Gasteiger partial charge in [-0.05, 0) is 5.56 Å². The molecule has 20 heavy (non-hydrogen) atoms. The van der Waals surface area contributed by atoms with Crippen LogP contribution in [0.4, 0.5) is 0 Å². The van der Waals surface area contributed by atoms with E-state index in [4.69, 9.17) is 15.7 Å². The molecule has 4 N–H and O–H groups in total. The van der Waals surface area contributed by atoms with E-state index in [9.17, 15) is 4.79 Å². The van der Waals surface area contributed by atoms with E-state index in [-0.39, 0.29) is 18.2 Å². The number of morpholine rings is 1. The third-order valence-corrected chi connectivity index (χ3v) is 3.02. The van der Waals surface area contributed by atoms with E-state index in [0.717, 1.165) is 5.56 Å². The van der Waals surface area contributed by atoms with Crippen LogP contribution in [0.1, 0.15) is 11.1 Å². The summed E-state index contributed by atoms with van der Waals surface area (Å²) in [5.74, 6) is -0.0160. The topological polar surface area (TPSA) is 100 Å². The van der Waals surface area contributed by atoms with Gasteiger partial charge >= 0.3 is 0 Å². The van der Waals surface area contributed by atoms with Crippen LogP contribution >= 0.6 is 0 Å². The third-order valence-electron chi connectivity index (χ3n) is 3.02. The van der Waals surface area contributed by atoms with E-state index >= 15 is 0 Å². The van der Waals surface area contributed by atoms with Crippen LogP contribution in [0.25, 0.3) is 0 Å². The molecule has 1 heterocycles. The number of rotatable bonds is 4. The van der Waals surface area contributed by atoms with Crippen molar-refractivity contribution in [1.29, 1.82) is 0 Å². The van der Waals surface area contributed by atoms with Crippen molar-refractivity contribution in [1.82, 2.24) is 10.4 Å². The molecule has 0 saturated carbocycles. The standard InChI is InChI=1S/C13H18N4O3/c14-13(16-19)11-3-1-10(2-4-11)9-12(18)15-17-5-7-20-8-6-17/h1-4,19H,5-9H2,(H2,14,16)(H,15,18). The Morgan fingerprint density at radius 1 is 1.35 bits per heavy atom. The summed E-state index contributed by atoms with van der Waals surface area (Å²) in [7, 11) is 0. The molecule has 1 aliphatic rings. The maximum Gasteiger partial charge on any atom is 0.238 e. The normalized spacial score (nSPS) is 16.9. The molecule has 1 aromatic rings. The minimum atomic E-state index is -0.0663. The van der Waals surface area contributed by atoms with Crippen molar-refractivity contribution in [3.8, 4) is 0 Å². The number of carbonyl (C=O) groups excluding carboxylic acids is 1. The highest BCUT2D eigenvalue weighted by molar-refractivity contribution is 5.97. The van der Waals surface area contributed by atoms with Crippen molar-refractivity contribution in [2.75, 3.05) is 26.3 Å². The second-order valence-electron chi connectivity index (χ2n) is 4.49. The minimum absolute atomic E-state index is 0.0503. The molecule has 0 radical (unpaired) electrons. The number of hydrazine groups is 1. The molecule has 108 valence electrons. The van der Waals surface area contributed by atoms with Gasteiger partial charge in [-0.1, -0.05) is 29.4 Å². The highest BCUT2D eigenvalue weighted by atomic mass is 16.5. The van der Waals surface area contributed by atoms with Crippen molar-refractivity contribution in [3.63, 3.8) is 0 Å². The van der Waals surface area contributed by atoms with Gasteiger partial charge in [0.15, 0.2) is 5.84 Å². The molecule has 0 aliphatic carbocycles. The Labute approximate surface area is 117 Å². The van der Waals surface area contributed by atoms with Crippen LogP contribution in [0.15, 0.2) is 29.4 Å². The van der Waals surface area contributed by atoms with Crippen molar-refractivity contribution in [2.45, 2.75) is 6.42 Å². The van der Waals surface area contributed by atoms with Gasteiger partial charge in [0.2, 0.25) is 5.91 Å². The van der Waals surface area contributed by atoms with Crippen molar-refractivity contribution in [2.24, 2.45) is 10.9 Å². The van der Waals surface area contributed by atoms with E-state index in [0.29, 0.717) is 31.9 Å². The van der Waals surface area contributed by atoms with Gasteiger partial charge in [-0.25, -0.2) is 5.01 Å². The Morgan fingerprint density at radius 2 is 2.00 bits per heavy atom. The molecule has 1 aliphatic heterocycles. The Morgan fingerprint density at radius 3 is 2.60 bits per heavy atom. The number of ether oxygens (including phenoxy) is 1. The molecule has 0 spiro atoms. The Balaban J connectivity index is 1.87. The van der Waals surface area contributed by atoms with E-state index in [2.05, 4.69) is 10.6 Å². The average Bonchev–Trinajstić information content (AvgIpc) is 2.48. The van der Waals surface area contributed by atoms with E-state index < -0.39 is 0 Å². The maximum absolute atomic E-state index is 11.9. The van der Waals surface area contributed by atoms with Gasteiger partial charge in [-0.15, -0.1) is 0 Å². The van der Waals surface area contributed by atoms with Crippen LogP contribution < -0.4 is 11.2 Å². The lowest BCUT2D eigenvalue weighted by molar-refractivity contribution is -0.127. The number of nitrogens with one attached hydrogen (secondary N) is 1. The van der Waals surface area contributed by atoms with Gasteiger partial charge in [-0.2, -0.15) is 0 Å². The summed E-state index contributed by atoms with van der Waals surface area (Å²) in [5.41, 5.74) is 9.79. The summed E-state index contributed by atoms with van der Waals surface area (Å²) >= 11 is 0. The maximum atomic E-state index is 11.9. The van der Waals surface area contributed by atoms with Gasteiger partial charge in [0.05, 0.1) is 19.6 Å². The van der Waals surface area contributed by atoms with Gasteiger partial charge < -0.3 is 15.7 Å². The molecule has 0 atom stereocenters. The predicted molar refractivity (Wildman–Crippen MR) is 73.2 cm³/mol. The number of carbonyl (C=O) groups is 1. The first kappa shape index (κ1) is 14.3. The summed E-state index contributed by atoms with van der Waals surface area (Å²) in [6.45, 7) is 2.67. The fraction of sp³-hybridized carbons (Fsp3) is 0.385. The number of amides is 1. The van der Waals surface area contributed by atoms with Crippen molar-refractivity contribution in [3.05, 3.63) is 35.4 Å². The number of amidine groups is 1. The second kappa shape index (κ2) is 6.88. The lowest BCUT2D eigenvalue weighted by atomic mass is 10.1. The predicted octanol–water partition coefficient (Wildman–Crippen LogP) is -0.313. The SMILES string of the molecule is N/C(=N/O)c1ccc(CC(=O)NN2CCOCC2)cc1. The lowest BCUT2D eigenvalue weighted by Gasteiger charge is -2.26. The fourth-order valence-electron chi connectivity index (χ4n) is 1.93. The first-order valence-corrected chi connectivity index (χ1v) is 6.38. The van der Waals surface area contributed by atoms with Gasteiger partial charge in [-0.3, -0.25) is 10.2 Å². The molecular formula is C13H18N4O3. The van der Waals surface area contributed by atoms with Crippen LogP contribution in [-0.4, -0.2) is 48.3 Å². The number of hydrogen-bond acceptors (Lipinski definition) is 5. The molecule has 1 aromatic carbocycles. The minimum Gasteiger partial charge on any atom is -0.409 e. The first-order chi connectivity index (χ1) is 9.69. The van der Waals surface area contributed by atoms with Crippen LogP contribution in [0.2, 0.25) is 0 Å². The molecule has 1 saturated heterocycles. The number of nitrogens with two attached hydrogens (primary N) is 1. The zero-order chi connectivity index (χ0) is 14.4. The van der Waals surface area contributed by atoms with Gasteiger partial charge in [0, 0.05) is 18.7 Å². The van der Waals surface area contributed by atoms with Gasteiger partial charge in [0.25, 0.3) is 0 Å². The quantitative estimate of drug-likeness (QED) is 0.303. The molecule has 7 heteroatoms. The number of benzene rings is 1. The summed E-state index contributed by atoms with van der Waals surface area (Å²) in [5, 5.41) is 13.3. The van der Waals surface area contributed by atoms with E-state index in [1.54, 1.807) is 24.3 Å². The fourth-order valence-corrected chi connectivity index (χ4v) is 1.93. The second-order valence-corrected chi connectivity index (χ2v) is 4.49. The molecule has 1 fully saturated rings. The molecule has 1 amide bonds. The number of hydrogen-bond donors (Lipinski definition) is 3. The van der Waals surface area contributed by atoms with Crippen molar-refractivity contribution < 1.29 is 14.7 Å². The Hall–Kier alpha value is -2.12. The molecule has 2 rings (SSSR count). The van der Waals surface area contributed by atoms with E-state index in [1.807, 2.05) is 5.01 Å². The monoisotopic (exact) mass is 278 g/mol. The van der Waals surface area contributed by atoms with Crippen LogP contribution in [-0.2, 0) is 16.0 Å². The molecule has 0 aromatic heterocycles. The largest absolute Gasteiger partial charge is 0.409 e. The highest BCUT2D eigenvalue weighted by Crippen LogP contribution is 2.05. The molecular weight excluding hydrogens is 260 g/mol. The summed E-state index contributed by atoms with van der Waals surface area (Å²) < 4.78 is 5.21. The number of oxime groups is 1. The number of nitrogens with zero attached hydrogens (tertiary/aromatic N) is 2. The average molecular weight is 278 g/mol. The van der Waals surface area contributed by atoms with Crippen LogP contribution in [0.3, 0.4) is 0 Å². The summed E-state index contributed by atoms with van der Waals surface area (Å²) in [4.78, 5) is 11.9. The molecule has 7 nitrogen and oxygen atoms in total. The van der Waals surface area contributed by atoms with Gasteiger partial charge in [0.1, 0.15) is 0 Å². The van der Waals surface area contributed by atoms with Crippen LogP contribution in [0, 0.1) is 0 Å². The highest BCUT2D eigenvalue weighted by Gasteiger charge is 2.13. The lowest BCUT2D eigenvalue weighted by Crippen LogP contribution is -2.48.